The molecule has 1 aliphatic rings. The van der Waals surface area contributed by atoms with Crippen molar-refractivity contribution in [1.82, 2.24) is 19.9 Å². The molecule has 0 saturated carbocycles. The second-order valence-electron chi connectivity index (χ2n) is 6.47. The number of fused-ring (bicyclic) bond motifs is 1. The van der Waals surface area contributed by atoms with Crippen LogP contribution in [0, 0.1) is 0 Å². The smallest absolute Gasteiger partial charge is 0.222 e. The van der Waals surface area contributed by atoms with Crippen LogP contribution in [0.15, 0.2) is 48.8 Å². The lowest BCUT2D eigenvalue weighted by Gasteiger charge is -2.18. The van der Waals surface area contributed by atoms with Gasteiger partial charge in [-0.25, -0.2) is 9.97 Å². The van der Waals surface area contributed by atoms with E-state index in [0.29, 0.717) is 12.2 Å². The van der Waals surface area contributed by atoms with Gasteiger partial charge in [0.2, 0.25) is 5.91 Å². The fourth-order valence-corrected chi connectivity index (χ4v) is 3.34. The predicted octanol–water partition coefficient (Wildman–Crippen LogP) is 3.11. The molecule has 2 aromatic heterocycles. The minimum atomic E-state index is 0.203. The molecule has 1 fully saturated rings. The van der Waals surface area contributed by atoms with Gasteiger partial charge in [-0.3, -0.25) is 9.78 Å². The van der Waals surface area contributed by atoms with E-state index in [0.717, 1.165) is 41.8 Å². The first-order valence-electron chi connectivity index (χ1n) is 8.96. The molecule has 132 valence electrons. The maximum absolute atomic E-state index is 11.9. The Kier molecular flexibility index (Phi) is 4.48. The molecule has 1 atom stereocenters. The fraction of sp³-hybridized carbons (Fsp3) is 0.300. The molecule has 1 amide bonds. The molecule has 6 heteroatoms. The predicted molar refractivity (Wildman–Crippen MR) is 102 cm³/mol. The van der Waals surface area contributed by atoms with Crippen LogP contribution in [-0.2, 0) is 4.79 Å². The second-order valence-corrected chi connectivity index (χ2v) is 6.47. The van der Waals surface area contributed by atoms with Gasteiger partial charge in [0.05, 0.1) is 5.52 Å². The molecule has 26 heavy (non-hydrogen) atoms. The van der Waals surface area contributed by atoms with E-state index in [1.807, 2.05) is 48.2 Å². The minimum absolute atomic E-state index is 0.203. The van der Waals surface area contributed by atoms with Crippen molar-refractivity contribution in [3.8, 4) is 11.4 Å². The van der Waals surface area contributed by atoms with E-state index in [1.54, 1.807) is 12.4 Å². The van der Waals surface area contributed by atoms with Gasteiger partial charge in [-0.2, -0.15) is 0 Å². The zero-order chi connectivity index (χ0) is 17.9. The molecule has 1 unspecified atom stereocenters. The first kappa shape index (κ1) is 16.4. The number of hydrogen-bond acceptors (Lipinski definition) is 5. The number of carbonyl (C=O) groups excluding carboxylic acids is 1. The van der Waals surface area contributed by atoms with Crippen molar-refractivity contribution < 1.29 is 4.79 Å². The Bertz CT molecular complexity index is 928. The lowest BCUT2D eigenvalue weighted by Crippen LogP contribution is -2.31. The summed E-state index contributed by atoms with van der Waals surface area (Å²) in [5.41, 5.74) is 1.83. The van der Waals surface area contributed by atoms with E-state index in [9.17, 15) is 4.79 Å². The van der Waals surface area contributed by atoms with Crippen LogP contribution in [0.25, 0.3) is 22.3 Å². The van der Waals surface area contributed by atoms with Crippen LogP contribution < -0.4 is 5.32 Å². The van der Waals surface area contributed by atoms with Gasteiger partial charge in [-0.1, -0.05) is 19.1 Å². The number of likely N-dealkylation sites (tertiary alicyclic amines) is 1. The maximum atomic E-state index is 11.9. The zero-order valence-corrected chi connectivity index (χ0v) is 14.7. The van der Waals surface area contributed by atoms with Crippen LogP contribution in [-0.4, -0.2) is 44.9 Å². The van der Waals surface area contributed by atoms with E-state index in [1.165, 1.54) is 0 Å². The lowest BCUT2D eigenvalue weighted by atomic mass is 10.2. The van der Waals surface area contributed by atoms with Crippen molar-refractivity contribution in [2.45, 2.75) is 25.8 Å². The zero-order valence-electron chi connectivity index (χ0n) is 14.7. The topological polar surface area (TPSA) is 71.0 Å². The number of nitrogens with zero attached hydrogens (tertiary/aromatic N) is 4. The molecule has 1 N–H and O–H groups in total. The quantitative estimate of drug-likeness (QED) is 0.785. The van der Waals surface area contributed by atoms with Gasteiger partial charge in [0.15, 0.2) is 5.82 Å². The van der Waals surface area contributed by atoms with Crippen molar-refractivity contribution in [3.05, 3.63) is 48.8 Å². The van der Waals surface area contributed by atoms with Crippen LogP contribution in [0.4, 0.5) is 5.82 Å². The number of pyridine rings is 1. The molecule has 4 rings (SSSR count). The minimum Gasteiger partial charge on any atom is -0.365 e. The third-order valence-electron chi connectivity index (χ3n) is 4.73. The van der Waals surface area contributed by atoms with Gasteiger partial charge in [-0.05, 0) is 30.7 Å². The van der Waals surface area contributed by atoms with E-state index in [4.69, 9.17) is 9.97 Å². The highest BCUT2D eigenvalue weighted by Crippen LogP contribution is 2.26. The van der Waals surface area contributed by atoms with Crippen molar-refractivity contribution in [2.75, 3.05) is 18.4 Å². The number of rotatable bonds is 4. The molecule has 6 nitrogen and oxygen atoms in total. The van der Waals surface area contributed by atoms with Crippen molar-refractivity contribution in [2.24, 2.45) is 0 Å². The van der Waals surface area contributed by atoms with Gasteiger partial charge in [-0.15, -0.1) is 0 Å². The Morgan fingerprint density at radius 3 is 2.81 bits per heavy atom. The van der Waals surface area contributed by atoms with Crippen LogP contribution in [0.5, 0.6) is 0 Å². The summed E-state index contributed by atoms with van der Waals surface area (Å²) in [5, 5.41) is 4.53. The number of amides is 1. The number of benzene rings is 1. The Morgan fingerprint density at radius 1 is 1.19 bits per heavy atom. The molecular weight excluding hydrogens is 326 g/mol. The first-order valence-corrected chi connectivity index (χ1v) is 8.96. The average Bonchev–Trinajstić information content (AvgIpc) is 3.16. The number of nitrogens with one attached hydrogen (secondary N) is 1. The molecule has 3 heterocycles. The van der Waals surface area contributed by atoms with Crippen molar-refractivity contribution in [3.63, 3.8) is 0 Å². The number of anilines is 1. The Balaban J connectivity index is 1.67. The van der Waals surface area contributed by atoms with Crippen LogP contribution in [0.1, 0.15) is 19.8 Å². The molecule has 1 aliphatic heterocycles. The SMILES string of the molecule is CCC(=O)N1CCC(Nc2nc(-c3ccncc3)nc3ccccc23)C1. The summed E-state index contributed by atoms with van der Waals surface area (Å²) in [6, 6.07) is 12.0. The number of aromatic nitrogens is 3. The number of hydrogen-bond donors (Lipinski definition) is 1. The Labute approximate surface area is 152 Å². The van der Waals surface area contributed by atoms with Gasteiger partial charge in [0, 0.05) is 48.9 Å². The van der Waals surface area contributed by atoms with Gasteiger partial charge >= 0.3 is 0 Å². The van der Waals surface area contributed by atoms with Crippen molar-refractivity contribution in [1.29, 1.82) is 0 Å². The molecule has 0 spiro atoms. The van der Waals surface area contributed by atoms with Gasteiger partial charge < -0.3 is 10.2 Å². The van der Waals surface area contributed by atoms with E-state index >= 15 is 0 Å². The summed E-state index contributed by atoms with van der Waals surface area (Å²) >= 11 is 0. The molecular formula is C20H21N5O. The van der Waals surface area contributed by atoms with E-state index < -0.39 is 0 Å². The summed E-state index contributed by atoms with van der Waals surface area (Å²) < 4.78 is 0. The van der Waals surface area contributed by atoms with Gasteiger partial charge in [0.25, 0.3) is 0 Å². The molecule has 3 aromatic rings. The summed E-state index contributed by atoms with van der Waals surface area (Å²) in [4.78, 5) is 27.4. The van der Waals surface area contributed by atoms with Crippen LogP contribution in [0.3, 0.4) is 0 Å². The lowest BCUT2D eigenvalue weighted by molar-refractivity contribution is -0.129. The summed E-state index contributed by atoms with van der Waals surface area (Å²) in [6.07, 6.45) is 4.96. The third-order valence-corrected chi connectivity index (χ3v) is 4.73. The van der Waals surface area contributed by atoms with Crippen LogP contribution >= 0.6 is 0 Å². The highest BCUT2D eigenvalue weighted by atomic mass is 16.2. The molecule has 0 aliphatic carbocycles. The van der Waals surface area contributed by atoms with Crippen molar-refractivity contribution >= 4 is 22.6 Å². The fourth-order valence-electron chi connectivity index (χ4n) is 3.34. The Hall–Kier alpha value is -3.02. The maximum Gasteiger partial charge on any atom is 0.222 e. The highest BCUT2D eigenvalue weighted by molar-refractivity contribution is 5.90. The van der Waals surface area contributed by atoms with Crippen LogP contribution in [0.2, 0.25) is 0 Å². The standard InChI is InChI=1S/C20H21N5O/c1-2-18(26)25-12-9-15(13-25)22-20-16-5-3-4-6-17(16)23-19(24-20)14-7-10-21-11-8-14/h3-8,10-11,15H,2,9,12-13H2,1H3,(H,22,23,24). The number of carbonyl (C=O) groups is 1. The first-order chi connectivity index (χ1) is 12.7. The third kappa shape index (κ3) is 3.22. The van der Waals surface area contributed by atoms with E-state index in [2.05, 4.69) is 10.3 Å². The molecule has 0 radical (unpaired) electrons. The monoisotopic (exact) mass is 347 g/mol. The summed E-state index contributed by atoms with van der Waals surface area (Å²) in [5.74, 6) is 1.70. The summed E-state index contributed by atoms with van der Waals surface area (Å²) in [6.45, 7) is 3.42. The second kappa shape index (κ2) is 7.07. The number of para-hydroxylation sites is 1. The molecule has 0 bridgehead atoms. The molecule has 1 saturated heterocycles. The van der Waals surface area contributed by atoms with E-state index in [-0.39, 0.29) is 11.9 Å². The van der Waals surface area contributed by atoms with Gasteiger partial charge in [0.1, 0.15) is 5.82 Å². The Morgan fingerprint density at radius 2 is 2.00 bits per heavy atom. The molecule has 1 aromatic carbocycles. The summed E-state index contributed by atoms with van der Waals surface area (Å²) in [7, 11) is 0. The largest absolute Gasteiger partial charge is 0.365 e. The normalized spacial score (nSPS) is 16.8. The highest BCUT2D eigenvalue weighted by Gasteiger charge is 2.26. The average molecular weight is 347 g/mol.